The lowest BCUT2D eigenvalue weighted by Crippen LogP contribution is -2.39. The molecule has 1 aliphatic rings. The van der Waals surface area contributed by atoms with Gasteiger partial charge in [0.1, 0.15) is 22.6 Å². The van der Waals surface area contributed by atoms with Crippen molar-refractivity contribution >= 4 is 10.0 Å². The first-order chi connectivity index (χ1) is 12.9. The summed E-state index contributed by atoms with van der Waals surface area (Å²) in [5.41, 5.74) is 1.06. The molecular weight excluding hydrogens is 371 g/mol. The summed E-state index contributed by atoms with van der Waals surface area (Å²) >= 11 is 0. The highest BCUT2D eigenvalue weighted by Crippen LogP contribution is 2.27. The zero-order valence-electron chi connectivity index (χ0n) is 15.3. The first kappa shape index (κ1) is 19.6. The van der Waals surface area contributed by atoms with Gasteiger partial charge in [-0.2, -0.15) is 0 Å². The predicted molar refractivity (Wildman–Crippen MR) is 98.9 cm³/mol. The average molecular weight is 394 g/mol. The van der Waals surface area contributed by atoms with Crippen molar-refractivity contribution in [1.82, 2.24) is 9.71 Å². The standard InChI is InChI=1S/C19H23FN2O4S/c1-13-3-10-19(21-12-13)26-16-7-5-15(6-8-16)22-27(23,24)18-11-14(20)4-9-17(18)25-2/h3-4,9-12,15-16,22H,5-8H2,1-2H3. The number of rotatable bonds is 6. The molecule has 1 aromatic heterocycles. The molecule has 6 nitrogen and oxygen atoms in total. The molecule has 0 radical (unpaired) electrons. The van der Waals surface area contributed by atoms with Crippen LogP contribution < -0.4 is 14.2 Å². The number of nitrogens with zero attached hydrogens (tertiary/aromatic N) is 1. The SMILES string of the molecule is COc1ccc(F)cc1S(=O)(=O)NC1CCC(Oc2ccc(C)cn2)CC1. The van der Waals surface area contributed by atoms with Gasteiger partial charge >= 0.3 is 0 Å². The van der Waals surface area contributed by atoms with E-state index in [2.05, 4.69) is 9.71 Å². The molecule has 1 aromatic carbocycles. The maximum absolute atomic E-state index is 13.5. The normalized spacial score (nSPS) is 20.3. The Labute approximate surface area is 158 Å². The number of nitrogens with one attached hydrogen (secondary N) is 1. The molecule has 0 amide bonds. The number of ether oxygens (including phenoxy) is 2. The maximum atomic E-state index is 13.5. The third-order valence-electron chi connectivity index (χ3n) is 4.58. The van der Waals surface area contributed by atoms with Gasteiger partial charge in [0.15, 0.2) is 0 Å². The van der Waals surface area contributed by atoms with Crippen molar-refractivity contribution in [3.63, 3.8) is 0 Å². The smallest absolute Gasteiger partial charge is 0.244 e. The summed E-state index contributed by atoms with van der Waals surface area (Å²) < 4.78 is 52.4. The number of sulfonamides is 1. The highest BCUT2D eigenvalue weighted by molar-refractivity contribution is 7.89. The van der Waals surface area contributed by atoms with E-state index in [0.717, 1.165) is 11.6 Å². The zero-order chi connectivity index (χ0) is 19.4. The van der Waals surface area contributed by atoms with Gasteiger partial charge in [0.25, 0.3) is 0 Å². The van der Waals surface area contributed by atoms with Crippen molar-refractivity contribution in [3.05, 3.63) is 47.9 Å². The lowest BCUT2D eigenvalue weighted by atomic mass is 9.94. The fourth-order valence-corrected chi connectivity index (χ4v) is 4.62. The van der Waals surface area contributed by atoms with Crippen molar-refractivity contribution < 1.29 is 22.3 Å². The highest BCUT2D eigenvalue weighted by Gasteiger charge is 2.28. The van der Waals surface area contributed by atoms with Gasteiger partial charge in [0.2, 0.25) is 15.9 Å². The Morgan fingerprint density at radius 2 is 1.89 bits per heavy atom. The largest absolute Gasteiger partial charge is 0.495 e. The summed E-state index contributed by atoms with van der Waals surface area (Å²) in [6.45, 7) is 1.96. The molecule has 1 N–H and O–H groups in total. The van der Waals surface area contributed by atoms with E-state index in [1.165, 1.54) is 19.2 Å². The second-order valence-corrected chi connectivity index (χ2v) is 8.36. The molecule has 27 heavy (non-hydrogen) atoms. The molecule has 0 spiro atoms. The number of benzene rings is 1. The van der Waals surface area contributed by atoms with Crippen LogP contribution >= 0.6 is 0 Å². The number of pyridine rings is 1. The predicted octanol–water partition coefficient (Wildman–Crippen LogP) is 3.21. The molecule has 146 valence electrons. The lowest BCUT2D eigenvalue weighted by Gasteiger charge is -2.29. The Balaban J connectivity index is 1.60. The number of methoxy groups -OCH3 is 1. The van der Waals surface area contributed by atoms with E-state index in [-0.39, 0.29) is 22.8 Å². The summed E-state index contributed by atoms with van der Waals surface area (Å²) in [7, 11) is -2.52. The molecule has 0 unspecified atom stereocenters. The molecule has 1 aliphatic carbocycles. The fraction of sp³-hybridized carbons (Fsp3) is 0.421. The number of hydrogen-bond acceptors (Lipinski definition) is 5. The monoisotopic (exact) mass is 394 g/mol. The Morgan fingerprint density at radius 3 is 2.52 bits per heavy atom. The minimum Gasteiger partial charge on any atom is -0.495 e. The topological polar surface area (TPSA) is 77.5 Å². The molecule has 0 saturated heterocycles. The Bertz CT molecular complexity index is 879. The minimum absolute atomic E-state index is 0.00432. The van der Waals surface area contributed by atoms with Gasteiger partial charge in [-0.25, -0.2) is 22.5 Å². The quantitative estimate of drug-likeness (QED) is 0.814. The first-order valence-corrected chi connectivity index (χ1v) is 10.3. The van der Waals surface area contributed by atoms with Gasteiger partial charge in [0.05, 0.1) is 7.11 Å². The van der Waals surface area contributed by atoms with Crippen LogP contribution in [0.2, 0.25) is 0 Å². The van der Waals surface area contributed by atoms with Crippen LogP contribution in [0.3, 0.4) is 0 Å². The number of hydrogen-bond donors (Lipinski definition) is 1. The van der Waals surface area contributed by atoms with Crippen LogP contribution in [-0.2, 0) is 10.0 Å². The van der Waals surface area contributed by atoms with E-state index < -0.39 is 15.8 Å². The average Bonchev–Trinajstić information content (AvgIpc) is 2.65. The third kappa shape index (κ3) is 4.95. The molecule has 1 saturated carbocycles. The minimum atomic E-state index is -3.87. The van der Waals surface area contributed by atoms with Gasteiger partial charge in [0, 0.05) is 18.3 Å². The fourth-order valence-electron chi connectivity index (χ4n) is 3.14. The zero-order valence-corrected chi connectivity index (χ0v) is 16.1. The van der Waals surface area contributed by atoms with Crippen molar-refractivity contribution in [2.24, 2.45) is 0 Å². The van der Waals surface area contributed by atoms with E-state index >= 15 is 0 Å². The second-order valence-electron chi connectivity index (χ2n) is 6.68. The van der Waals surface area contributed by atoms with Gasteiger partial charge in [-0.15, -0.1) is 0 Å². The van der Waals surface area contributed by atoms with Gasteiger partial charge in [-0.1, -0.05) is 6.07 Å². The van der Waals surface area contributed by atoms with Crippen molar-refractivity contribution in [2.45, 2.75) is 49.6 Å². The molecule has 0 bridgehead atoms. The lowest BCUT2D eigenvalue weighted by molar-refractivity contribution is 0.138. The van der Waals surface area contributed by atoms with Crippen LogP contribution in [0.15, 0.2) is 41.4 Å². The van der Waals surface area contributed by atoms with E-state index in [9.17, 15) is 12.8 Å². The molecule has 0 atom stereocenters. The number of aryl methyl sites for hydroxylation is 1. The van der Waals surface area contributed by atoms with E-state index in [4.69, 9.17) is 9.47 Å². The van der Waals surface area contributed by atoms with Crippen LogP contribution in [0.5, 0.6) is 11.6 Å². The Kier molecular flexibility index (Phi) is 5.96. The summed E-state index contributed by atoms with van der Waals surface area (Å²) in [4.78, 5) is 4.05. The second kappa shape index (κ2) is 8.22. The molecule has 1 heterocycles. The number of halogens is 1. The molecule has 1 fully saturated rings. The summed E-state index contributed by atoms with van der Waals surface area (Å²) in [6, 6.07) is 6.99. The van der Waals surface area contributed by atoms with E-state index in [0.29, 0.717) is 31.6 Å². The maximum Gasteiger partial charge on any atom is 0.244 e. The summed E-state index contributed by atoms with van der Waals surface area (Å²) in [6.07, 6.45) is 4.44. The molecule has 3 rings (SSSR count). The van der Waals surface area contributed by atoms with Crippen LogP contribution in [0.1, 0.15) is 31.2 Å². The highest BCUT2D eigenvalue weighted by atomic mass is 32.2. The Morgan fingerprint density at radius 1 is 1.15 bits per heavy atom. The van der Waals surface area contributed by atoms with Crippen molar-refractivity contribution in [1.29, 1.82) is 0 Å². The van der Waals surface area contributed by atoms with Crippen LogP contribution in [-0.4, -0.2) is 32.7 Å². The van der Waals surface area contributed by atoms with Crippen molar-refractivity contribution in [2.75, 3.05) is 7.11 Å². The number of aromatic nitrogens is 1. The van der Waals surface area contributed by atoms with Crippen LogP contribution in [0.25, 0.3) is 0 Å². The van der Waals surface area contributed by atoms with Crippen LogP contribution in [0, 0.1) is 12.7 Å². The molecule has 8 heteroatoms. The first-order valence-electron chi connectivity index (χ1n) is 8.82. The van der Waals surface area contributed by atoms with Crippen molar-refractivity contribution in [3.8, 4) is 11.6 Å². The van der Waals surface area contributed by atoms with E-state index in [1.54, 1.807) is 6.20 Å². The van der Waals surface area contributed by atoms with E-state index in [1.807, 2.05) is 19.1 Å². The third-order valence-corrected chi connectivity index (χ3v) is 6.12. The van der Waals surface area contributed by atoms with Gasteiger partial charge < -0.3 is 9.47 Å². The Hall–Kier alpha value is -2.19. The molecule has 2 aromatic rings. The molecule has 0 aliphatic heterocycles. The van der Waals surface area contributed by atoms with Gasteiger partial charge in [-0.05, 0) is 56.4 Å². The van der Waals surface area contributed by atoms with Crippen LogP contribution in [0.4, 0.5) is 4.39 Å². The summed E-state index contributed by atoms with van der Waals surface area (Å²) in [5, 5.41) is 0. The van der Waals surface area contributed by atoms with Gasteiger partial charge in [-0.3, -0.25) is 0 Å². The molecular formula is C19H23FN2O4S. The summed E-state index contributed by atoms with van der Waals surface area (Å²) in [5.74, 6) is 0.0689.